The molecule has 0 spiro atoms. The molecule has 0 saturated heterocycles. The molecule has 0 aliphatic rings. The highest BCUT2D eigenvalue weighted by Gasteiger charge is 2.17. The number of para-hydroxylation sites is 2. The molecule has 47 heavy (non-hydrogen) atoms. The summed E-state index contributed by atoms with van der Waals surface area (Å²) >= 11 is 0. The van der Waals surface area contributed by atoms with E-state index in [1.54, 1.807) is 25.3 Å². The lowest BCUT2D eigenvalue weighted by Gasteiger charge is -2.19. The van der Waals surface area contributed by atoms with E-state index in [1.807, 2.05) is 93.7 Å². The van der Waals surface area contributed by atoms with Crippen LogP contribution in [0.25, 0.3) is 33.7 Å². The third-order valence-corrected chi connectivity index (χ3v) is 8.39. The van der Waals surface area contributed by atoms with Crippen LogP contribution in [-0.2, 0) is 6.42 Å². The van der Waals surface area contributed by atoms with E-state index in [1.165, 1.54) is 11.1 Å². The predicted octanol–water partition coefficient (Wildman–Crippen LogP) is 7.07. The first kappa shape index (κ1) is 28.1. The molecule has 0 aliphatic heterocycles. The number of rotatable bonds is 8. The van der Waals surface area contributed by atoms with E-state index in [0.29, 0.717) is 0 Å². The van der Waals surface area contributed by atoms with E-state index < -0.39 is 0 Å². The molecule has 4 heterocycles. The van der Waals surface area contributed by atoms with Crippen molar-refractivity contribution in [2.75, 3.05) is 23.9 Å². The van der Waals surface area contributed by atoms with Crippen LogP contribution in [0.3, 0.4) is 0 Å². The minimum absolute atomic E-state index is 0.750. The van der Waals surface area contributed by atoms with Gasteiger partial charge in [-0.15, -0.1) is 0 Å². The number of benzene rings is 4. The first-order valence-corrected chi connectivity index (χ1v) is 15.3. The highest BCUT2D eigenvalue weighted by molar-refractivity contribution is 5.88. The summed E-state index contributed by atoms with van der Waals surface area (Å²) in [6.07, 6.45) is 7.59. The number of hydrogen-bond donors (Lipinski definition) is 0. The van der Waals surface area contributed by atoms with Crippen molar-refractivity contribution in [1.29, 1.82) is 0 Å². The van der Waals surface area contributed by atoms with Gasteiger partial charge in [0.25, 0.3) is 0 Å². The summed E-state index contributed by atoms with van der Waals surface area (Å²) in [4.78, 5) is 31.6. The lowest BCUT2D eigenvalue weighted by atomic mass is 10.0. The van der Waals surface area contributed by atoms with Crippen molar-refractivity contribution in [3.63, 3.8) is 0 Å². The molecule has 4 aromatic heterocycles. The zero-order valence-electron chi connectivity index (χ0n) is 25.9. The Morgan fingerprint density at radius 3 is 1.28 bits per heavy atom. The largest absolute Gasteiger partial charge is 0.328 e. The number of anilines is 4. The molecule has 8 rings (SSSR count). The molecule has 10 heteroatoms. The average molecular weight is 615 g/mol. The van der Waals surface area contributed by atoms with Gasteiger partial charge in [0.1, 0.15) is 25.3 Å². The van der Waals surface area contributed by atoms with Gasteiger partial charge in [0.05, 0.1) is 0 Å². The molecule has 0 saturated carbocycles. The van der Waals surface area contributed by atoms with Crippen molar-refractivity contribution >= 4 is 45.3 Å². The maximum absolute atomic E-state index is 4.66. The molecular formula is C37H30N10. The van der Waals surface area contributed by atoms with Crippen LogP contribution in [-0.4, -0.2) is 53.1 Å². The molecule has 4 aromatic carbocycles. The maximum atomic E-state index is 4.66. The van der Waals surface area contributed by atoms with Crippen LogP contribution in [0.4, 0.5) is 23.0 Å². The fourth-order valence-corrected chi connectivity index (χ4v) is 5.85. The molecule has 0 atom stereocenters. The van der Waals surface area contributed by atoms with Crippen molar-refractivity contribution in [2.45, 2.75) is 6.42 Å². The number of imidazole rings is 2. The summed E-state index contributed by atoms with van der Waals surface area (Å²) in [7, 11) is 4.01. The lowest BCUT2D eigenvalue weighted by molar-refractivity contribution is 1.05. The van der Waals surface area contributed by atoms with Gasteiger partial charge >= 0.3 is 0 Å². The van der Waals surface area contributed by atoms with Gasteiger partial charge in [-0.3, -0.25) is 9.13 Å². The standard InChI is InChI=1S/C37H30N10/c1-44(34-32-36(40-22-38-34)46(24-42-32)30-9-5-3-6-10-30)28-17-13-26(14-18-28)21-27-15-19-29(20-16-27)45(2)35-33-37(41-23-39-35)47(25-43-33)31-11-7-4-8-12-31/h3-20,22-25H,21H2,1-2H3. The number of fused-ring (bicyclic) bond motifs is 2. The highest BCUT2D eigenvalue weighted by Crippen LogP contribution is 2.31. The summed E-state index contributed by atoms with van der Waals surface area (Å²) in [6.45, 7) is 0. The van der Waals surface area contributed by atoms with E-state index in [2.05, 4.69) is 78.4 Å². The van der Waals surface area contributed by atoms with E-state index in [9.17, 15) is 0 Å². The Morgan fingerprint density at radius 1 is 0.468 bits per heavy atom. The van der Waals surface area contributed by atoms with E-state index in [0.717, 1.165) is 63.1 Å². The van der Waals surface area contributed by atoms with Gasteiger partial charge in [0.15, 0.2) is 34.0 Å². The van der Waals surface area contributed by atoms with Crippen molar-refractivity contribution in [1.82, 2.24) is 39.0 Å². The zero-order valence-corrected chi connectivity index (χ0v) is 25.9. The van der Waals surface area contributed by atoms with Gasteiger partial charge in [-0.25, -0.2) is 29.9 Å². The molecule has 0 unspecified atom stereocenters. The summed E-state index contributed by atoms with van der Waals surface area (Å²) in [5, 5.41) is 0. The van der Waals surface area contributed by atoms with Gasteiger partial charge in [-0.1, -0.05) is 60.7 Å². The Balaban J connectivity index is 0.980. The van der Waals surface area contributed by atoms with Crippen LogP contribution in [0.2, 0.25) is 0 Å². The number of aromatic nitrogens is 8. The van der Waals surface area contributed by atoms with Crippen molar-refractivity contribution < 1.29 is 0 Å². The molecule has 0 bridgehead atoms. The number of nitrogens with zero attached hydrogens (tertiary/aromatic N) is 10. The van der Waals surface area contributed by atoms with Crippen LogP contribution in [0, 0.1) is 0 Å². The topological polar surface area (TPSA) is 93.7 Å². The van der Waals surface area contributed by atoms with Gasteiger partial charge in [0.2, 0.25) is 0 Å². The minimum atomic E-state index is 0.750. The highest BCUT2D eigenvalue weighted by atomic mass is 15.2. The fourth-order valence-electron chi connectivity index (χ4n) is 5.85. The smallest absolute Gasteiger partial charge is 0.170 e. The van der Waals surface area contributed by atoms with Gasteiger partial charge in [-0.05, 0) is 66.1 Å². The van der Waals surface area contributed by atoms with E-state index >= 15 is 0 Å². The summed E-state index contributed by atoms with van der Waals surface area (Å²) in [6, 6.07) is 37.3. The average Bonchev–Trinajstić information content (AvgIpc) is 3.78. The minimum Gasteiger partial charge on any atom is -0.328 e. The third kappa shape index (κ3) is 5.21. The molecular weight excluding hydrogens is 584 g/mol. The van der Waals surface area contributed by atoms with E-state index in [4.69, 9.17) is 0 Å². The van der Waals surface area contributed by atoms with Crippen LogP contribution in [0.5, 0.6) is 0 Å². The first-order valence-electron chi connectivity index (χ1n) is 15.3. The van der Waals surface area contributed by atoms with Crippen molar-refractivity contribution in [3.8, 4) is 11.4 Å². The first-order chi connectivity index (χ1) is 23.1. The molecule has 10 nitrogen and oxygen atoms in total. The summed E-state index contributed by atoms with van der Waals surface area (Å²) in [5.41, 5.74) is 9.52. The van der Waals surface area contributed by atoms with E-state index in [-0.39, 0.29) is 0 Å². The summed E-state index contributed by atoms with van der Waals surface area (Å²) < 4.78 is 3.96. The molecule has 8 aromatic rings. The SMILES string of the molecule is CN(c1ccc(Cc2ccc(N(C)c3ncnc4c3ncn4-c3ccccc3)cc2)cc1)c1ncnc2c1ncn2-c1ccccc1. The molecule has 0 aliphatic carbocycles. The fraction of sp³-hybridized carbons (Fsp3) is 0.0811. The van der Waals surface area contributed by atoms with Crippen LogP contribution in [0.1, 0.15) is 11.1 Å². The van der Waals surface area contributed by atoms with Gasteiger partial charge < -0.3 is 9.80 Å². The quantitative estimate of drug-likeness (QED) is 0.179. The van der Waals surface area contributed by atoms with Crippen LogP contribution in [0.15, 0.2) is 135 Å². The molecule has 0 amide bonds. The Kier molecular flexibility index (Phi) is 7.07. The second-order valence-electron chi connectivity index (χ2n) is 11.3. The number of hydrogen-bond acceptors (Lipinski definition) is 8. The normalized spacial score (nSPS) is 11.3. The van der Waals surface area contributed by atoms with Crippen molar-refractivity contribution in [3.05, 3.63) is 146 Å². The van der Waals surface area contributed by atoms with Crippen LogP contribution < -0.4 is 9.80 Å². The summed E-state index contributed by atoms with van der Waals surface area (Å²) in [5.74, 6) is 1.51. The molecule has 0 N–H and O–H groups in total. The predicted molar refractivity (Wildman–Crippen MR) is 185 cm³/mol. The molecule has 0 fully saturated rings. The Morgan fingerprint density at radius 2 is 0.872 bits per heavy atom. The second kappa shape index (κ2) is 11.8. The Labute approximate surface area is 271 Å². The Bertz CT molecular complexity index is 2130. The van der Waals surface area contributed by atoms with Crippen molar-refractivity contribution in [2.24, 2.45) is 0 Å². The lowest BCUT2D eigenvalue weighted by Crippen LogP contribution is -2.12. The second-order valence-corrected chi connectivity index (χ2v) is 11.3. The van der Waals surface area contributed by atoms with Gasteiger partial charge in [-0.2, -0.15) is 0 Å². The van der Waals surface area contributed by atoms with Gasteiger partial charge in [0, 0.05) is 36.8 Å². The maximum Gasteiger partial charge on any atom is 0.170 e. The molecule has 228 valence electrons. The molecule has 0 radical (unpaired) electrons. The van der Waals surface area contributed by atoms with Crippen LogP contribution >= 0.6 is 0 Å². The monoisotopic (exact) mass is 614 g/mol. The Hall–Kier alpha value is -6.42. The zero-order chi connectivity index (χ0) is 31.7. The third-order valence-electron chi connectivity index (χ3n) is 8.39.